The quantitative estimate of drug-likeness (QED) is 0.373. The van der Waals surface area contributed by atoms with Crippen LogP contribution < -0.4 is 4.90 Å². The zero-order valence-corrected chi connectivity index (χ0v) is 20.7. The number of anilines is 1. The molecule has 1 fully saturated rings. The molecule has 1 saturated heterocycles. The van der Waals surface area contributed by atoms with Gasteiger partial charge in [-0.05, 0) is 67.5 Å². The molecule has 4 heterocycles. The molecule has 2 aromatic heterocycles. The molecule has 7 nitrogen and oxygen atoms in total. The number of nitrogens with zero attached hydrogens (tertiary/aromatic N) is 7. The van der Waals surface area contributed by atoms with Crippen LogP contribution in [0.3, 0.4) is 0 Å². The number of hydrogen-bond donors (Lipinski definition) is 0. The summed E-state index contributed by atoms with van der Waals surface area (Å²) in [4.78, 5) is 4.81. The Morgan fingerprint density at radius 3 is 2.60 bits per heavy atom. The lowest BCUT2D eigenvalue weighted by Gasteiger charge is -2.23. The van der Waals surface area contributed by atoms with Crippen LogP contribution in [-0.2, 0) is 6.54 Å². The van der Waals surface area contributed by atoms with Gasteiger partial charge in [0.25, 0.3) is 0 Å². The largest absolute Gasteiger partial charge is 0.370 e. The Balaban J connectivity index is 1.43. The summed E-state index contributed by atoms with van der Waals surface area (Å²) in [6, 6.07) is 19.0. The van der Waals surface area contributed by atoms with E-state index in [2.05, 4.69) is 75.9 Å². The summed E-state index contributed by atoms with van der Waals surface area (Å²) in [7, 11) is 4.33. The Labute approximate surface area is 209 Å². The van der Waals surface area contributed by atoms with Gasteiger partial charge in [-0.25, -0.2) is 0 Å². The molecule has 0 aliphatic carbocycles. The molecule has 0 unspecified atom stereocenters. The third kappa shape index (κ3) is 3.53. The predicted molar refractivity (Wildman–Crippen MR) is 138 cm³/mol. The van der Waals surface area contributed by atoms with Crippen LogP contribution in [0.15, 0.2) is 54.9 Å². The zero-order valence-electron chi connectivity index (χ0n) is 20.0. The van der Waals surface area contributed by atoms with Crippen LogP contribution in [0.25, 0.3) is 28.3 Å². The number of fused-ring (bicyclic) bond motifs is 5. The summed E-state index contributed by atoms with van der Waals surface area (Å²) in [5, 5.41) is 18.5. The van der Waals surface area contributed by atoms with E-state index < -0.39 is 0 Å². The molecule has 0 saturated carbocycles. The Hall–Kier alpha value is -3.60. The van der Waals surface area contributed by atoms with E-state index in [0.717, 1.165) is 41.4 Å². The van der Waals surface area contributed by atoms with Crippen molar-refractivity contribution in [3.63, 3.8) is 0 Å². The Kier molecular flexibility index (Phi) is 5.17. The standard InChI is InChI=1S/C27H26ClN7/c1-17-13-33(15-25(17)32(2)3)21-8-9-23-20(10-21)14-34-24(27-31-30-16-35(23)27)11-22(26(34)28)19-6-4-18(12-29)5-7-19/h4-11,16-17,25H,13-15H2,1-3H3/t17-,25-/m1/s1. The van der Waals surface area contributed by atoms with E-state index in [1.54, 1.807) is 6.33 Å². The van der Waals surface area contributed by atoms with Crippen LogP contribution >= 0.6 is 11.6 Å². The van der Waals surface area contributed by atoms with Gasteiger partial charge in [0.2, 0.25) is 0 Å². The highest BCUT2D eigenvalue weighted by molar-refractivity contribution is 6.32. The van der Waals surface area contributed by atoms with Crippen LogP contribution in [-0.4, -0.2) is 57.5 Å². The van der Waals surface area contributed by atoms with Crippen molar-refractivity contribution < 1.29 is 0 Å². The number of hydrogen-bond acceptors (Lipinski definition) is 5. The third-order valence-electron chi connectivity index (χ3n) is 7.39. The van der Waals surface area contributed by atoms with E-state index in [0.29, 0.717) is 29.2 Å². The number of benzene rings is 2. The number of aromatic nitrogens is 4. The first-order valence-electron chi connectivity index (χ1n) is 11.8. The van der Waals surface area contributed by atoms with Gasteiger partial charge in [0.15, 0.2) is 5.82 Å². The zero-order chi connectivity index (χ0) is 24.3. The molecule has 4 aromatic rings. The van der Waals surface area contributed by atoms with E-state index >= 15 is 0 Å². The van der Waals surface area contributed by atoms with Crippen molar-refractivity contribution >= 4 is 17.3 Å². The van der Waals surface area contributed by atoms with Gasteiger partial charge in [0, 0.05) is 30.4 Å². The molecule has 6 rings (SSSR count). The summed E-state index contributed by atoms with van der Waals surface area (Å²) < 4.78 is 4.16. The topological polar surface area (TPSA) is 65.9 Å². The van der Waals surface area contributed by atoms with Crippen LogP contribution in [0.5, 0.6) is 0 Å². The highest BCUT2D eigenvalue weighted by atomic mass is 35.5. The van der Waals surface area contributed by atoms with Crippen molar-refractivity contribution in [3.8, 4) is 34.4 Å². The minimum atomic E-state index is 0.540. The maximum atomic E-state index is 9.15. The maximum absolute atomic E-state index is 9.15. The fraction of sp³-hybridized carbons (Fsp3) is 0.296. The lowest BCUT2D eigenvalue weighted by molar-refractivity contribution is 0.266. The van der Waals surface area contributed by atoms with Gasteiger partial charge in [-0.2, -0.15) is 5.26 Å². The average Bonchev–Trinajstić information content (AvgIpc) is 3.55. The summed E-state index contributed by atoms with van der Waals surface area (Å²) in [6.45, 7) is 5.02. The summed E-state index contributed by atoms with van der Waals surface area (Å²) in [6.07, 6.45) is 1.77. The predicted octanol–water partition coefficient (Wildman–Crippen LogP) is 4.68. The van der Waals surface area contributed by atoms with Gasteiger partial charge < -0.3 is 14.4 Å². The molecule has 0 amide bonds. The van der Waals surface area contributed by atoms with Crippen LogP contribution in [0.1, 0.15) is 18.1 Å². The molecule has 0 spiro atoms. The number of halogens is 1. The highest BCUT2D eigenvalue weighted by Crippen LogP contribution is 2.40. The monoisotopic (exact) mass is 483 g/mol. The smallest absolute Gasteiger partial charge is 0.185 e. The van der Waals surface area contributed by atoms with Crippen LogP contribution in [0, 0.1) is 17.2 Å². The summed E-state index contributed by atoms with van der Waals surface area (Å²) in [5.74, 6) is 1.37. The van der Waals surface area contributed by atoms with Crippen LogP contribution in [0.4, 0.5) is 5.69 Å². The first-order chi connectivity index (χ1) is 16.9. The Morgan fingerprint density at radius 2 is 1.89 bits per heavy atom. The number of likely N-dealkylation sites (N-methyl/N-ethyl adjacent to an activating group) is 1. The summed E-state index contributed by atoms with van der Waals surface area (Å²) >= 11 is 6.99. The normalized spacial score (nSPS) is 18.7. The maximum Gasteiger partial charge on any atom is 0.185 e. The van der Waals surface area contributed by atoms with Crippen LogP contribution in [0.2, 0.25) is 5.15 Å². The second-order valence-electron chi connectivity index (χ2n) is 9.76. The van der Waals surface area contributed by atoms with Crippen molar-refractivity contribution in [1.29, 1.82) is 5.26 Å². The number of rotatable bonds is 3. The second kappa shape index (κ2) is 8.26. The molecule has 2 aromatic carbocycles. The minimum Gasteiger partial charge on any atom is -0.370 e. The summed E-state index contributed by atoms with van der Waals surface area (Å²) in [5.41, 5.74) is 6.91. The first kappa shape index (κ1) is 21.9. The first-order valence-corrected chi connectivity index (χ1v) is 12.2. The second-order valence-corrected chi connectivity index (χ2v) is 10.1. The molecular formula is C27H26ClN7. The average molecular weight is 484 g/mol. The van der Waals surface area contributed by atoms with E-state index in [1.165, 1.54) is 11.3 Å². The molecule has 35 heavy (non-hydrogen) atoms. The molecule has 176 valence electrons. The SMILES string of the molecule is C[C@@H]1CN(c2ccc3c(c2)Cn2c(cc(-c4ccc(C#N)cc4)c2Cl)-c2nncn2-3)C[C@H]1N(C)C. The fourth-order valence-electron chi connectivity index (χ4n) is 5.51. The van der Waals surface area contributed by atoms with E-state index in [-0.39, 0.29) is 0 Å². The van der Waals surface area contributed by atoms with Crippen molar-refractivity contribution in [3.05, 3.63) is 71.1 Å². The van der Waals surface area contributed by atoms with Crippen molar-refractivity contribution in [2.45, 2.75) is 19.5 Å². The molecular weight excluding hydrogens is 458 g/mol. The fourth-order valence-corrected chi connectivity index (χ4v) is 5.83. The molecule has 2 aliphatic rings. The lowest BCUT2D eigenvalue weighted by Crippen LogP contribution is -2.34. The van der Waals surface area contributed by atoms with Gasteiger partial charge in [0.05, 0.1) is 29.6 Å². The third-order valence-corrected chi connectivity index (χ3v) is 7.79. The minimum absolute atomic E-state index is 0.540. The highest BCUT2D eigenvalue weighted by Gasteiger charge is 2.32. The van der Waals surface area contributed by atoms with E-state index in [9.17, 15) is 0 Å². The molecule has 0 bridgehead atoms. The van der Waals surface area contributed by atoms with E-state index in [4.69, 9.17) is 16.9 Å². The van der Waals surface area contributed by atoms with Gasteiger partial charge in [0.1, 0.15) is 11.5 Å². The van der Waals surface area contributed by atoms with Crippen molar-refractivity contribution in [1.82, 2.24) is 24.2 Å². The molecule has 2 atom stereocenters. The molecule has 8 heteroatoms. The van der Waals surface area contributed by atoms with Crippen molar-refractivity contribution in [2.24, 2.45) is 5.92 Å². The van der Waals surface area contributed by atoms with E-state index in [1.807, 2.05) is 28.8 Å². The van der Waals surface area contributed by atoms with Gasteiger partial charge >= 0.3 is 0 Å². The molecule has 0 N–H and O–H groups in total. The van der Waals surface area contributed by atoms with Gasteiger partial charge in [-0.1, -0.05) is 30.7 Å². The number of nitriles is 1. The lowest BCUT2D eigenvalue weighted by atomic mass is 10.1. The van der Waals surface area contributed by atoms with Gasteiger partial charge in [-0.15, -0.1) is 10.2 Å². The van der Waals surface area contributed by atoms with Gasteiger partial charge in [-0.3, -0.25) is 4.57 Å². The molecule has 0 radical (unpaired) electrons. The Bertz CT molecular complexity index is 1460. The van der Waals surface area contributed by atoms with Crippen molar-refractivity contribution in [2.75, 3.05) is 32.1 Å². The molecule has 2 aliphatic heterocycles. The Morgan fingerprint density at radius 1 is 1.09 bits per heavy atom.